The molecule has 0 aromatic heterocycles. The highest BCUT2D eigenvalue weighted by atomic mass is 127. The number of piperidine rings is 1. The third-order valence-corrected chi connectivity index (χ3v) is 5.27. The van der Waals surface area contributed by atoms with Crippen LogP contribution in [-0.2, 0) is 6.54 Å². The molecule has 0 unspecified atom stereocenters. The predicted molar refractivity (Wildman–Crippen MR) is 126 cm³/mol. The zero-order chi connectivity index (χ0) is 18.2. The summed E-state index contributed by atoms with van der Waals surface area (Å²) in [6.45, 7) is 8.70. The Morgan fingerprint density at radius 3 is 2.37 bits per heavy atom. The third-order valence-electron chi connectivity index (χ3n) is 5.27. The van der Waals surface area contributed by atoms with E-state index >= 15 is 0 Å². The van der Waals surface area contributed by atoms with Crippen molar-refractivity contribution < 1.29 is 0 Å². The lowest BCUT2D eigenvalue weighted by Gasteiger charge is -2.32. The molecule has 0 bridgehead atoms. The predicted octanol–water partition coefficient (Wildman–Crippen LogP) is 3.22. The largest absolute Gasteiger partial charge is 0.364 e. The molecule has 2 aliphatic heterocycles. The zero-order valence-corrected chi connectivity index (χ0v) is 19.0. The number of benzene rings is 1. The molecule has 0 atom stereocenters. The van der Waals surface area contributed by atoms with Gasteiger partial charge in [-0.3, -0.25) is 4.99 Å². The Balaban J connectivity index is 0.00000261. The number of rotatable bonds is 6. The highest BCUT2D eigenvalue weighted by Gasteiger charge is 2.19. The fourth-order valence-electron chi connectivity index (χ4n) is 3.70. The number of nitrogens with zero attached hydrogens (tertiary/aromatic N) is 3. The average molecular weight is 483 g/mol. The minimum absolute atomic E-state index is 0. The lowest BCUT2D eigenvalue weighted by Crippen LogP contribution is -2.48. The molecule has 6 heteroatoms. The second kappa shape index (κ2) is 11.5. The van der Waals surface area contributed by atoms with E-state index in [2.05, 4.69) is 68.8 Å². The molecule has 2 heterocycles. The molecule has 0 spiro atoms. The molecule has 1 saturated heterocycles. The minimum atomic E-state index is 0. The number of likely N-dealkylation sites (tertiary alicyclic amines) is 1. The summed E-state index contributed by atoms with van der Waals surface area (Å²) in [4.78, 5) is 9.32. The van der Waals surface area contributed by atoms with E-state index in [9.17, 15) is 0 Å². The van der Waals surface area contributed by atoms with Gasteiger partial charge in [-0.25, -0.2) is 0 Å². The first kappa shape index (κ1) is 22.0. The molecular weight excluding hydrogens is 449 g/mol. The number of guanidine groups is 1. The fourth-order valence-corrected chi connectivity index (χ4v) is 3.70. The van der Waals surface area contributed by atoms with Gasteiger partial charge >= 0.3 is 0 Å². The number of aliphatic imine (C=N–C) groups is 1. The second-order valence-electron chi connectivity index (χ2n) is 7.23. The van der Waals surface area contributed by atoms with Crippen LogP contribution < -0.4 is 15.5 Å². The van der Waals surface area contributed by atoms with Gasteiger partial charge in [0.1, 0.15) is 0 Å². The number of hydrogen-bond acceptors (Lipinski definition) is 3. The van der Waals surface area contributed by atoms with Gasteiger partial charge in [0, 0.05) is 51.5 Å². The van der Waals surface area contributed by atoms with E-state index in [0.29, 0.717) is 6.04 Å². The first-order chi connectivity index (χ1) is 12.8. The Bertz CT molecular complexity index is 598. The van der Waals surface area contributed by atoms with Crippen molar-refractivity contribution in [1.29, 1.82) is 0 Å². The van der Waals surface area contributed by atoms with Crippen LogP contribution in [0.2, 0.25) is 0 Å². The summed E-state index contributed by atoms with van der Waals surface area (Å²) in [6, 6.07) is 9.36. The average Bonchev–Trinajstić information content (AvgIpc) is 3.22. The van der Waals surface area contributed by atoms with E-state index in [0.717, 1.165) is 25.6 Å². The highest BCUT2D eigenvalue weighted by Crippen LogP contribution is 2.17. The molecule has 3 rings (SSSR count). The molecule has 150 valence electrons. The number of anilines is 1. The summed E-state index contributed by atoms with van der Waals surface area (Å²) in [5, 5.41) is 7.05. The van der Waals surface area contributed by atoms with E-state index in [1.54, 1.807) is 0 Å². The lowest BCUT2D eigenvalue weighted by molar-refractivity contribution is 0.206. The van der Waals surface area contributed by atoms with E-state index in [1.165, 1.54) is 50.1 Å². The van der Waals surface area contributed by atoms with Gasteiger partial charge in [0.2, 0.25) is 0 Å². The molecule has 0 saturated carbocycles. The standard InChI is InChI=1S/C21H33N5.HI/c1-3-12-25-15-10-19(11-16-25)24-21(22-2)23-17-18-6-8-20(9-7-18)26-13-4-5-14-26;/h4-9,19H,3,10-17H2,1-2H3,(H2,22,23,24);1H. The summed E-state index contributed by atoms with van der Waals surface area (Å²) < 4.78 is 0. The SMILES string of the molecule is CCCN1CCC(NC(=NC)NCc2ccc(N3CC=CC3)cc2)CC1.I. The summed E-state index contributed by atoms with van der Waals surface area (Å²) >= 11 is 0. The van der Waals surface area contributed by atoms with Crippen LogP contribution in [0, 0.1) is 0 Å². The van der Waals surface area contributed by atoms with Crippen molar-refractivity contribution in [3.63, 3.8) is 0 Å². The van der Waals surface area contributed by atoms with Crippen LogP contribution in [0.3, 0.4) is 0 Å². The summed E-state index contributed by atoms with van der Waals surface area (Å²) in [5.41, 5.74) is 2.57. The maximum atomic E-state index is 4.40. The Labute approximate surface area is 181 Å². The number of hydrogen-bond donors (Lipinski definition) is 2. The molecule has 0 radical (unpaired) electrons. The van der Waals surface area contributed by atoms with E-state index in [1.807, 2.05) is 7.05 Å². The molecule has 1 aromatic carbocycles. The van der Waals surface area contributed by atoms with E-state index < -0.39 is 0 Å². The third kappa shape index (κ3) is 6.68. The van der Waals surface area contributed by atoms with Crippen molar-refractivity contribution in [3.8, 4) is 0 Å². The second-order valence-corrected chi connectivity index (χ2v) is 7.23. The normalized spacial score (nSPS) is 18.4. The van der Waals surface area contributed by atoms with Crippen molar-refractivity contribution in [1.82, 2.24) is 15.5 Å². The fraction of sp³-hybridized carbons (Fsp3) is 0.571. The van der Waals surface area contributed by atoms with Gasteiger partial charge in [-0.15, -0.1) is 24.0 Å². The number of halogens is 1. The molecule has 2 aliphatic rings. The maximum absolute atomic E-state index is 4.40. The minimum Gasteiger partial charge on any atom is -0.364 e. The summed E-state index contributed by atoms with van der Waals surface area (Å²) in [5.74, 6) is 0.909. The van der Waals surface area contributed by atoms with Crippen molar-refractivity contribution in [2.24, 2.45) is 4.99 Å². The maximum Gasteiger partial charge on any atom is 0.191 e. The molecule has 0 amide bonds. The van der Waals surface area contributed by atoms with E-state index in [-0.39, 0.29) is 24.0 Å². The van der Waals surface area contributed by atoms with Gasteiger partial charge in [-0.1, -0.05) is 31.2 Å². The molecular formula is C21H34IN5. The van der Waals surface area contributed by atoms with Crippen LogP contribution in [0.1, 0.15) is 31.7 Å². The van der Waals surface area contributed by atoms with Crippen molar-refractivity contribution in [3.05, 3.63) is 42.0 Å². The van der Waals surface area contributed by atoms with Gasteiger partial charge in [-0.2, -0.15) is 0 Å². The first-order valence-corrected chi connectivity index (χ1v) is 9.97. The topological polar surface area (TPSA) is 42.9 Å². The van der Waals surface area contributed by atoms with Crippen molar-refractivity contribution in [2.45, 2.75) is 38.8 Å². The quantitative estimate of drug-likeness (QED) is 0.282. The van der Waals surface area contributed by atoms with Crippen molar-refractivity contribution >= 4 is 35.6 Å². The molecule has 5 nitrogen and oxygen atoms in total. The van der Waals surface area contributed by atoms with Gasteiger partial charge in [0.15, 0.2) is 5.96 Å². The Kier molecular flexibility index (Phi) is 9.41. The van der Waals surface area contributed by atoms with Gasteiger partial charge in [0.25, 0.3) is 0 Å². The smallest absolute Gasteiger partial charge is 0.191 e. The molecule has 1 aromatic rings. The van der Waals surface area contributed by atoms with Gasteiger partial charge in [0.05, 0.1) is 0 Å². The van der Waals surface area contributed by atoms with E-state index in [4.69, 9.17) is 0 Å². The Hall–Kier alpha value is -1.28. The molecule has 27 heavy (non-hydrogen) atoms. The zero-order valence-electron chi connectivity index (χ0n) is 16.7. The highest BCUT2D eigenvalue weighted by molar-refractivity contribution is 14.0. The van der Waals surface area contributed by atoms with Crippen LogP contribution in [-0.4, -0.2) is 56.7 Å². The summed E-state index contributed by atoms with van der Waals surface area (Å²) in [6.07, 6.45) is 8.07. The summed E-state index contributed by atoms with van der Waals surface area (Å²) in [7, 11) is 1.85. The van der Waals surface area contributed by atoms with Crippen LogP contribution >= 0.6 is 24.0 Å². The lowest BCUT2D eigenvalue weighted by atomic mass is 10.1. The van der Waals surface area contributed by atoms with Crippen LogP contribution in [0.5, 0.6) is 0 Å². The molecule has 1 fully saturated rings. The Morgan fingerprint density at radius 1 is 1.11 bits per heavy atom. The number of nitrogens with one attached hydrogen (secondary N) is 2. The van der Waals surface area contributed by atoms with Gasteiger partial charge in [-0.05, 0) is 43.5 Å². The Morgan fingerprint density at radius 2 is 1.78 bits per heavy atom. The molecule has 0 aliphatic carbocycles. The first-order valence-electron chi connectivity index (χ1n) is 9.97. The molecule has 2 N–H and O–H groups in total. The van der Waals surface area contributed by atoms with Crippen LogP contribution in [0.15, 0.2) is 41.4 Å². The van der Waals surface area contributed by atoms with Crippen LogP contribution in [0.25, 0.3) is 0 Å². The monoisotopic (exact) mass is 483 g/mol. The van der Waals surface area contributed by atoms with Crippen molar-refractivity contribution in [2.75, 3.05) is 44.7 Å². The van der Waals surface area contributed by atoms with Crippen LogP contribution in [0.4, 0.5) is 5.69 Å². The van der Waals surface area contributed by atoms with Gasteiger partial charge < -0.3 is 20.4 Å².